The van der Waals surface area contributed by atoms with Gasteiger partial charge in [0.25, 0.3) is 0 Å². The Kier molecular flexibility index (Phi) is 1.93. The van der Waals surface area contributed by atoms with Gasteiger partial charge in [-0.05, 0) is 24.1 Å². The fourth-order valence-electron chi connectivity index (χ4n) is 3.03. The Hall–Kier alpha value is -1.26. The van der Waals surface area contributed by atoms with Gasteiger partial charge in [-0.3, -0.25) is 0 Å². The van der Waals surface area contributed by atoms with Gasteiger partial charge in [-0.15, -0.1) is 0 Å². The average Bonchev–Trinajstić information content (AvgIpc) is 3.02. The van der Waals surface area contributed by atoms with E-state index in [1.807, 2.05) is 12.1 Å². The highest BCUT2D eigenvalue weighted by atomic mass is 16.7. The van der Waals surface area contributed by atoms with E-state index in [1.54, 1.807) is 0 Å². The first-order chi connectivity index (χ1) is 8.38. The second-order valence-corrected chi connectivity index (χ2v) is 4.81. The Labute approximate surface area is 99.4 Å². The number of fused-ring (bicyclic) bond motifs is 2. The van der Waals surface area contributed by atoms with E-state index >= 15 is 0 Å². The summed E-state index contributed by atoms with van der Waals surface area (Å²) in [5.74, 6) is 2.11. The van der Waals surface area contributed by atoms with Gasteiger partial charge in [0.2, 0.25) is 6.79 Å². The van der Waals surface area contributed by atoms with E-state index in [0.29, 0.717) is 19.3 Å². The minimum atomic E-state index is -0.249. The molecule has 2 saturated heterocycles. The molecule has 4 heteroatoms. The Morgan fingerprint density at radius 3 is 3.12 bits per heavy atom. The predicted molar refractivity (Wildman–Crippen MR) is 59.1 cm³/mol. The van der Waals surface area contributed by atoms with E-state index in [0.717, 1.165) is 36.7 Å². The predicted octanol–water partition coefficient (Wildman–Crippen LogP) is 1.68. The van der Waals surface area contributed by atoms with Crippen molar-refractivity contribution in [2.24, 2.45) is 5.92 Å². The minimum absolute atomic E-state index is 0.249. The summed E-state index contributed by atoms with van der Waals surface area (Å²) in [7, 11) is 0. The molecule has 0 bridgehead atoms. The zero-order chi connectivity index (χ0) is 11.3. The summed E-state index contributed by atoms with van der Waals surface area (Å²) in [5, 5.41) is 0. The Morgan fingerprint density at radius 2 is 2.12 bits per heavy atom. The number of ether oxygens (including phenoxy) is 4. The average molecular weight is 234 g/mol. The molecule has 90 valence electrons. The Bertz CT molecular complexity index is 447. The summed E-state index contributed by atoms with van der Waals surface area (Å²) >= 11 is 0. The smallest absolute Gasteiger partial charge is 0.231 e. The summed E-state index contributed by atoms with van der Waals surface area (Å²) in [5.41, 5.74) is 0.905. The highest BCUT2D eigenvalue weighted by molar-refractivity contribution is 5.46. The van der Waals surface area contributed by atoms with Crippen molar-refractivity contribution in [3.63, 3.8) is 0 Å². The second kappa shape index (κ2) is 3.37. The maximum absolute atomic E-state index is 5.99. The van der Waals surface area contributed by atoms with Crippen LogP contribution in [-0.4, -0.2) is 26.6 Å². The van der Waals surface area contributed by atoms with Crippen LogP contribution in [0.4, 0.5) is 0 Å². The third kappa shape index (κ3) is 1.25. The molecule has 4 nitrogen and oxygen atoms in total. The van der Waals surface area contributed by atoms with Crippen LogP contribution in [0, 0.1) is 5.92 Å². The number of hydrogen-bond acceptors (Lipinski definition) is 4. The van der Waals surface area contributed by atoms with Crippen molar-refractivity contribution in [2.45, 2.75) is 12.0 Å². The second-order valence-electron chi connectivity index (χ2n) is 4.81. The summed E-state index contributed by atoms with van der Waals surface area (Å²) in [6.07, 6.45) is 1.08. The van der Waals surface area contributed by atoms with Gasteiger partial charge < -0.3 is 18.9 Å². The molecule has 0 aliphatic carbocycles. The topological polar surface area (TPSA) is 36.9 Å². The van der Waals surface area contributed by atoms with Crippen LogP contribution in [0.1, 0.15) is 12.0 Å². The molecule has 3 aliphatic rings. The van der Waals surface area contributed by atoms with Crippen LogP contribution in [0.25, 0.3) is 0 Å². The van der Waals surface area contributed by atoms with Crippen LogP contribution in [-0.2, 0) is 15.1 Å². The molecule has 0 amide bonds. The van der Waals surface area contributed by atoms with Gasteiger partial charge in [0.1, 0.15) is 5.60 Å². The van der Waals surface area contributed by atoms with Gasteiger partial charge in [0, 0.05) is 12.5 Å². The zero-order valence-electron chi connectivity index (χ0n) is 9.48. The normalized spacial score (nSPS) is 34.0. The molecule has 0 saturated carbocycles. The summed E-state index contributed by atoms with van der Waals surface area (Å²) in [6, 6.07) is 6.07. The lowest BCUT2D eigenvalue weighted by Gasteiger charge is -2.27. The lowest BCUT2D eigenvalue weighted by atomic mass is 9.84. The standard InChI is InChI=1S/C13H14O4/c1-2-11-12(16-8-15-11)5-9(1)13-7-14-6-10(13)3-4-17-13/h1-2,5,10H,3-4,6-8H2/t10-,13-/m0/s1. The van der Waals surface area contributed by atoms with E-state index in [4.69, 9.17) is 18.9 Å². The van der Waals surface area contributed by atoms with Gasteiger partial charge >= 0.3 is 0 Å². The van der Waals surface area contributed by atoms with E-state index in [2.05, 4.69) is 6.07 Å². The van der Waals surface area contributed by atoms with Crippen molar-refractivity contribution >= 4 is 0 Å². The molecular formula is C13H14O4. The molecule has 0 N–H and O–H groups in total. The van der Waals surface area contributed by atoms with Gasteiger partial charge in [0.05, 0.1) is 13.2 Å². The van der Waals surface area contributed by atoms with Crippen molar-refractivity contribution in [1.29, 1.82) is 0 Å². The molecule has 0 unspecified atom stereocenters. The number of benzene rings is 1. The van der Waals surface area contributed by atoms with Crippen LogP contribution in [0.2, 0.25) is 0 Å². The van der Waals surface area contributed by atoms with Crippen molar-refractivity contribution in [3.8, 4) is 11.5 Å². The van der Waals surface area contributed by atoms with Crippen molar-refractivity contribution in [2.75, 3.05) is 26.6 Å². The van der Waals surface area contributed by atoms with Crippen LogP contribution >= 0.6 is 0 Å². The van der Waals surface area contributed by atoms with Gasteiger partial charge in [-0.2, -0.15) is 0 Å². The monoisotopic (exact) mass is 234 g/mol. The van der Waals surface area contributed by atoms with Crippen LogP contribution in [0.15, 0.2) is 18.2 Å². The third-order valence-electron chi connectivity index (χ3n) is 3.98. The quantitative estimate of drug-likeness (QED) is 0.740. The van der Waals surface area contributed by atoms with Gasteiger partial charge in [-0.1, -0.05) is 6.07 Å². The fraction of sp³-hybridized carbons (Fsp3) is 0.538. The molecule has 2 fully saturated rings. The molecule has 3 heterocycles. The highest BCUT2D eigenvalue weighted by Crippen LogP contribution is 2.47. The first-order valence-electron chi connectivity index (χ1n) is 6.00. The maximum atomic E-state index is 5.99. The summed E-state index contributed by atoms with van der Waals surface area (Å²) < 4.78 is 22.3. The summed E-state index contributed by atoms with van der Waals surface area (Å²) in [6.45, 7) is 2.58. The molecule has 0 aromatic heterocycles. The lowest BCUT2D eigenvalue weighted by molar-refractivity contribution is -0.0256. The van der Waals surface area contributed by atoms with Crippen molar-refractivity contribution < 1.29 is 18.9 Å². The van der Waals surface area contributed by atoms with E-state index in [-0.39, 0.29) is 5.60 Å². The molecule has 3 aliphatic heterocycles. The minimum Gasteiger partial charge on any atom is -0.454 e. The van der Waals surface area contributed by atoms with Gasteiger partial charge in [-0.25, -0.2) is 0 Å². The van der Waals surface area contributed by atoms with E-state index < -0.39 is 0 Å². The molecule has 17 heavy (non-hydrogen) atoms. The van der Waals surface area contributed by atoms with Crippen molar-refractivity contribution in [1.82, 2.24) is 0 Å². The SMILES string of the molecule is c1cc2c(cc1[C@@]13COC[C@@H]1CCO3)OCO2. The van der Waals surface area contributed by atoms with Gasteiger partial charge in [0.15, 0.2) is 11.5 Å². The van der Waals surface area contributed by atoms with E-state index in [9.17, 15) is 0 Å². The number of hydrogen-bond donors (Lipinski definition) is 0. The highest BCUT2D eigenvalue weighted by Gasteiger charge is 2.50. The Morgan fingerprint density at radius 1 is 1.18 bits per heavy atom. The third-order valence-corrected chi connectivity index (χ3v) is 3.98. The van der Waals surface area contributed by atoms with Crippen LogP contribution in [0.3, 0.4) is 0 Å². The molecular weight excluding hydrogens is 220 g/mol. The lowest BCUT2D eigenvalue weighted by Crippen LogP contribution is -2.31. The molecule has 1 aromatic rings. The van der Waals surface area contributed by atoms with Crippen LogP contribution < -0.4 is 9.47 Å². The fourth-order valence-corrected chi connectivity index (χ4v) is 3.03. The first-order valence-corrected chi connectivity index (χ1v) is 6.00. The molecule has 4 rings (SSSR count). The molecule has 0 radical (unpaired) electrons. The maximum Gasteiger partial charge on any atom is 0.231 e. The molecule has 0 spiro atoms. The first kappa shape index (κ1) is 9.74. The Balaban J connectivity index is 1.79. The number of rotatable bonds is 1. The van der Waals surface area contributed by atoms with E-state index in [1.165, 1.54) is 0 Å². The summed E-state index contributed by atoms with van der Waals surface area (Å²) in [4.78, 5) is 0. The zero-order valence-corrected chi connectivity index (χ0v) is 9.48. The molecule has 2 atom stereocenters. The van der Waals surface area contributed by atoms with Crippen LogP contribution in [0.5, 0.6) is 11.5 Å². The largest absolute Gasteiger partial charge is 0.454 e. The molecule has 1 aromatic carbocycles. The van der Waals surface area contributed by atoms with Crippen molar-refractivity contribution in [3.05, 3.63) is 23.8 Å².